The average Bonchev–Trinajstić information content (AvgIpc) is 3.05. The van der Waals surface area contributed by atoms with Crippen LogP contribution in [0.1, 0.15) is 39.0 Å². The number of rotatable bonds is 3. The molecule has 2 saturated heterocycles. The summed E-state index contributed by atoms with van der Waals surface area (Å²) in [6, 6.07) is -0.379. The van der Waals surface area contributed by atoms with Crippen LogP contribution in [-0.4, -0.2) is 37.2 Å². The van der Waals surface area contributed by atoms with Crippen LogP contribution in [0.25, 0.3) is 0 Å². The third-order valence-electron chi connectivity index (χ3n) is 6.64. The van der Waals surface area contributed by atoms with Gasteiger partial charge in [-0.05, 0) is 43.4 Å². The molecule has 0 aromatic rings. The van der Waals surface area contributed by atoms with Gasteiger partial charge in [-0.2, -0.15) is 0 Å². The average molecular weight is 334 g/mol. The van der Waals surface area contributed by atoms with Gasteiger partial charge in [0.1, 0.15) is 12.1 Å². The molecule has 6 nitrogen and oxygen atoms in total. The highest BCUT2D eigenvalue weighted by molar-refractivity contribution is 5.82. The van der Waals surface area contributed by atoms with E-state index in [1.807, 2.05) is 0 Å². The molecule has 4 aliphatic rings. The Balaban J connectivity index is 1.46. The molecule has 4 rings (SSSR count). The second-order valence-corrected chi connectivity index (χ2v) is 8.14. The highest BCUT2D eigenvalue weighted by Gasteiger charge is 2.55. The first-order chi connectivity index (χ1) is 11.5. The van der Waals surface area contributed by atoms with E-state index < -0.39 is 0 Å². The highest BCUT2D eigenvalue weighted by atomic mass is 16.7. The minimum Gasteiger partial charge on any atom is -0.462 e. The predicted molar refractivity (Wildman–Crippen MR) is 86.6 cm³/mol. The van der Waals surface area contributed by atoms with Gasteiger partial charge in [-0.3, -0.25) is 14.4 Å². The van der Waals surface area contributed by atoms with Crippen molar-refractivity contribution in [3.63, 3.8) is 0 Å². The van der Waals surface area contributed by atoms with E-state index in [1.165, 1.54) is 18.4 Å². The molecule has 0 aromatic carbocycles. The Kier molecular flexibility index (Phi) is 3.92. The molecule has 0 radical (unpaired) electrons. The number of carbonyl (C=O) groups is 2. The first-order valence-electron chi connectivity index (χ1n) is 9.01. The summed E-state index contributed by atoms with van der Waals surface area (Å²) < 4.78 is 5.73. The zero-order chi connectivity index (χ0) is 16.9. The van der Waals surface area contributed by atoms with E-state index in [0.717, 1.165) is 19.3 Å². The fourth-order valence-electron chi connectivity index (χ4n) is 5.25. The Labute approximate surface area is 142 Å². The van der Waals surface area contributed by atoms with Crippen LogP contribution in [0.3, 0.4) is 0 Å². The number of amides is 1. The molecule has 2 N–H and O–H groups in total. The molecular weight excluding hydrogens is 308 g/mol. The molecule has 4 fully saturated rings. The predicted octanol–water partition coefficient (Wildman–Crippen LogP) is 1.32. The molecule has 2 saturated carbocycles. The molecule has 2 aliphatic heterocycles. The number of hydrogen-bond donors (Lipinski definition) is 2. The Bertz CT molecular complexity index is 577. The van der Waals surface area contributed by atoms with E-state index in [2.05, 4.69) is 24.3 Å². The van der Waals surface area contributed by atoms with Crippen LogP contribution in [-0.2, 0) is 19.2 Å². The van der Waals surface area contributed by atoms with E-state index in [9.17, 15) is 9.59 Å². The smallest absolute Gasteiger partial charge is 0.310 e. The van der Waals surface area contributed by atoms with Gasteiger partial charge in [-0.1, -0.05) is 19.1 Å². The van der Waals surface area contributed by atoms with Crippen molar-refractivity contribution in [2.24, 2.45) is 23.2 Å². The van der Waals surface area contributed by atoms with Gasteiger partial charge < -0.3 is 10.1 Å². The van der Waals surface area contributed by atoms with Crippen LogP contribution in [0.5, 0.6) is 0 Å². The lowest BCUT2D eigenvalue weighted by Gasteiger charge is -2.50. The monoisotopic (exact) mass is 334 g/mol. The first-order valence-corrected chi connectivity index (χ1v) is 9.01. The topological polar surface area (TPSA) is 76.7 Å². The van der Waals surface area contributed by atoms with Gasteiger partial charge in [0.25, 0.3) is 5.91 Å². The number of allylic oxidation sites excluding steroid dienone is 1. The summed E-state index contributed by atoms with van der Waals surface area (Å²) >= 11 is 0. The van der Waals surface area contributed by atoms with Crippen LogP contribution in [0.2, 0.25) is 0 Å². The van der Waals surface area contributed by atoms with Gasteiger partial charge in [0, 0.05) is 12.5 Å². The normalized spacial score (nSPS) is 44.7. The van der Waals surface area contributed by atoms with Crippen LogP contribution >= 0.6 is 0 Å². The molecule has 6 atom stereocenters. The van der Waals surface area contributed by atoms with E-state index >= 15 is 0 Å². The van der Waals surface area contributed by atoms with Crippen LogP contribution in [0.4, 0.5) is 0 Å². The van der Waals surface area contributed by atoms with E-state index in [0.29, 0.717) is 19.1 Å². The lowest BCUT2D eigenvalue weighted by atomic mass is 9.55. The number of nitrogens with one attached hydrogen (secondary N) is 2. The van der Waals surface area contributed by atoms with Gasteiger partial charge >= 0.3 is 5.97 Å². The Morgan fingerprint density at radius 2 is 2.25 bits per heavy atom. The molecular formula is C18H26N2O4. The zero-order valence-corrected chi connectivity index (χ0v) is 14.2. The van der Waals surface area contributed by atoms with Crippen LogP contribution < -0.4 is 10.8 Å². The number of ether oxygens (including phenoxy) is 1. The van der Waals surface area contributed by atoms with Crippen LogP contribution in [0.15, 0.2) is 12.2 Å². The van der Waals surface area contributed by atoms with Crippen molar-refractivity contribution >= 4 is 11.9 Å². The van der Waals surface area contributed by atoms with Gasteiger partial charge in [0.05, 0.1) is 12.5 Å². The number of carbonyl (C=O) groups excluding carboxylic acids is 2. The summed E-state index contributed by atoms with van der Waals surface area (Å²) in [6.45, 7) is 7.41. The minimum absolute atomic E-state index is 0.0186. The van der Waals surface area contributed by atoms with Crippen molar-refractivity contribution in [3.8, 4) is 0 Å². The first kappa shape index (κ1) is 16.1. The van der Waals surface area contributed by atoms with Gasteiger partial charge in [0.15, 0.2) is 0 Å². The molecule has 2 heterocycles. The summed E-state index contributed by atoms with van der Waals surface area (Å²) in [4.78, 5) is 28.9. The number of hydrogen-bond acceptors (Lipinski definition) is 5. The molecule has 6 heteroatoms. The molecule has 132 valence electrons. The lowest BCUT2D eigenvalue weighted by Crippen LogP contribution is -2.47. The van der Waals surface area contributed by atoms with Crippen molar-refractivity contribution in [1.82, 2.24) is 10.8 Å². The number of hydroxylamine groups is 1. The second kappa shape index (κ2) is 5.85. The summed E-state index contributed by atoms with van der Waals surface area (Å²) in [5, 5.41) is 3.17. The number of esters is 1. The Hall–Kier alpha value is -1.40. The quantitative estimate of drug-likeness (QED) is 0.601. The van der Waals surface area contributed by atoms with E-state index in [4.69, 9.17) is 9.57 Å². The largest absolute Gasteiger partial charge is 0.462 e. The zero-order valence-electron chi connectivity index (χ0n) is 14.2. The molecule has 0 spiro atoms. The summed E-state index contributed by atoms with van der Waals surface area (Å²) in [6.07, 6.45) is 5.43. The Morgan fingerprint density at radius 1 is 1.42 bits per heavy atom. The van der Waals surface area contributed by atoms with Gasteiger partial charge in [-0.25, -0.2) is 5.48 Å². The van der Waals surface area contributed by atoms with Gasteiger partial charge in [-0.15, -0.1) is 0 Å². The fraction of sp³-hybridized carbons (Fsp3) is 0.778. The van der Waals surface area contributed by atoms with Crippen molar-refractivity contribution < 1.29 is 19.2 Å². The molecule has 24 heavy (non-hydrogen) atoms. The van der Waals surface area contributed by atoms with Crippen molar-refractivity contribution in [2.45, 2.75) is 51.2 Å². The SMILES string of the molecule is C=C1CCC[C@]2(C)C[C@H]3OC(=O)[C@H](CN[C@@H]4CONC4=O)[C@H]3C[C@H]12. The molecule has 0 bridgehead atoms. The maximum absolute atomic E-state index is 12.4. The van der Waals surface area contributed by atoms with E-state index in [-0.39, 0.29) is 41.3 Å². The summed E-state index contributed by atoms with van der Waals surface area (Å²) in [7, 11) is 0. The van der Waals surface area contributed by atoms with E-state index in [1.54, 1.807) is 0 Å². The third-order valence-corrected chi connectivity index (χ3v) is 6.64. The highest BCUT2D eigenvalue weighted by Crippen LogP contribution is 2.56. The fourth-order valence-corrected chi connectivity index (χ4v) is 5.25. The minimum atomic E-state index is -0.379. The molecule has 0 aromatic heterocycles. The van der Waals surface area contributed by atoms with Crippen molar-refractivity contribution in [2.75, 3.05) is 13.2 Å². The number of fused-ring (bicyclic) bond motifs is 2. The third kappa shape index (κ3) is 2.56. The van der Waals surface area contributed by atoms with Gasteiger partial charge in [0.2, 0.25) is 0 Å². The van der Waals surface area contributed by atoms with Crippen LogP contribution in [0, 0.1) is 23.2 Å². The summed E-state index contributed by atoms with van der Waals surface area (Å²) in [5.41, 5.74) is 3.90. The maximum Gasteiger partial charge on any atom is 0.310 e. The lowest BCUT2D eigenvalue weighted by molar-refractivity contribution is -0.146. The van der Waals surface area contributed by atoms with Crippen molar-refractivity contribution in [3.05, 3.63) is 12.2 Å². The second-order valence-electron chi connectivity index (χ2n) is 8.14. The molecule has 2 aliphatic carbocycles. The standard InChI is InChI=1S/C18H26N2O4/c1-10-4-3-5-18(2)7-15-11(6-13(10)18)12(17(22)24-15)8-19-14-9-23-20-16(14)21/h11-15,19H,1,3-9H2,2H3,(H,20,21)/t11-,12-,13-,14-,15-,18-/m1/s1. The molecule has 1 amide bonds. The maximum atomic E-state index is 12.4. The Morgan fingerprint density at radius 3 is 3.00 bits per heavy atom. The summed E-state index contributed by atoms with van der Waals surface area (Å²) in [5.74, 6) is 0.244. The van der Waals surface area contributed by atoms with Crippen molar-refractivity contribution in [1.29, 1.82) is 0 Å². The molecule has 0 unspecified atom stereocenters.